The zero-order chi connectivity index (χ0) is 25.7. The molecule has 1 heterocycles. The van der Waals surface area contributed by atoms with E-state index in [1.807, 2.05) is 32.1 Å². The molecule has 1 aliphatic heterocycles. The first-order valence-electron chi connectivity index (χ1n) is 14.2. The summed E-state index contributed by atoms with van der Waals surface area (Å²) in [4.78, 5) is 2.62. The lowest BCUT2D eigenvalue weighted by molar-refractivity contribution is 0.175. The Morgan fingerprint density at radius 2 is 1.72 bits per heavy atom. The van der Waals surface area contributed by atoms with Gasteiger partial charge in [0.25, 0.3) is 0 Å². The van der Waals surface area contributed by atoms with E-state index in [2.05, 4.69) is 74.0 Å². The Kier molecular flexibility index (Phi) is 8.39. The van der Waals surface area contributed by atoms with Crippen LogP contribution in [0.4, 0.5) is 0 Å². The van der Waals surface area contributed by atoms with Crippen LogP contribution in [0.15, 0.2) is 91.7 Å². The van der Waals surface area contributed by atoms with Crippen molar-refractivity contribution in [1.82, 2.24) is 4.90 Å². The third-order valence-electron chi connectivity index (χ3n) is 8.46. The Morgan fingerprint density at radius 3 is 2.33 bits per heavy atom. The van der Waals surface area contributed by atoms with E-state index in [1.54, 1.807) is 0 Å². The molecule has 5 rings (SSSR count). The SMILES string of the molecule is C=C/C=C(\C=C)C(=C)N1C(c2ccc(CCC3CCCC3)cc2)c2ccc(C)cc2CC12CC2.CC. The number of rotatable bonds is 8. The molecule has 2 aliphatic carbocycles. The van der Waals surface area contributed by atoms with Gasteiger partial charge >= 0.3 is 0 Å². The number of benzene rings is 2. The van der Waals surface area contributed by atoms with Crippen LogP contribution in [0.5, 0.6) is 0 Å². The van der Waals surface area contributed by atoms with Gasteiger partial charge < -0.3 is 4.90 Å². The van der Waals surface area contributed by atoms with Gasteiger partial charge in [-0.2, -0.15) is 0 Å². The van der Waals surface area contributed by atoms with Crippen LogP contribution in [-0.4, -0.2) is 10.4 Å². The maximum atomic E-state index is 4.60. The third-order valence-corrected chi connectivity index (χ3v) is 8.46. The van der Waals surface area contributed by atoms with Gasteiger partial charge in [0.1, 0.15) is 0 Å². The molecule has 1 nitrogen and oxygen atoms in total. The van der Waals surface area contributed by atoms with Crippen LogP contribution in [-0.2, 0) is 12.8 Å². The maximum absolute atomic E-state index is 4.60. The van der Waals surface area contributed by atoms with Gasteiger partial charge in [-0.05, 0) is 72.8 Å². The van der Waals surface area contributed by atoms with E-state index >= 15 is 0 Å². The highest BCUT2D eigenvalue weighted by Crippen LogP contribution is 2.56. The van der Waals surface area contributed by atoms with Gasteiger partial charge in [-0.15, -0.1) is 0 Å². The molecule has 0 radical (unpaired) electrons. The summed E-state index contributed by atoms with van der Waals surface area (Å²) in [7, 11) is 0. The lowest BCUT2D eigenvalue weighted by Crippen LogP contribution is -2.45. The Labute approximate surface area is 220 Å². The lowest BCUT2D eigenvalue weighted by atomic mass is 9.81. The highest BCUT2D eigenvalue weighted by atomic mass is 15.3. The topological polar surface area (TPSA) is 3.24 Å². The highest BCUT2D eigenvalue weighted by molar-refractivity contribution is 5.50. The predicted molar refractivity (Wildman–Crippen MR) is 156 cm³/mol. The molecule has 3 aliphatic rings. The first-order chi connectivity index (χ1) is 17.5. The quantitative estimate of drug-likeness (QED) is 0.341. The average Bonchev–Trinajstić information content (AvgIpc) is 3.45. The normalized spacial score (nSPS) is 20.4. The summed E-state index contributed by atoms with van der Waals surface area (Å²) >= 11 is 0. The molecule has 1 spiro atoms. The Morgan fingerprint density at radius 1 is 1.03 bits per heavy atom. The Hall–Kier alpha value is -2.80. The van der Waals surface area contributed by atoms with Gasteiger partial charge in [0.15, 0.2) is 0 Å². The second-order valence-corrected chi connectivity index (χ2v) is 10.8. The minimum absolute atomic E-state index is 0.160. The lowest BCUT2D eigenvalue weighted by Gasteiger charge is -2.47. The van der Waals surface area contributed by atoms with Crippen molar-refractivity contribution in [2.24, 2.45) is 5.92 Å². The smallest absolute Gasteiger partial charge is 0.0804 e. The van der Waals surface area contributed by atoms with E-state index in [9.17, 15) is 0 Å². The van der Waals surface area contributed by atoms with Crippen LogP contribution in [0.25, 0.3) is 0 Å². The van der Waals surface area contributed by atoms with E-state index < -0.39 is 0 Å². The first kappa shape index (κ1) is 26.3. The molecule has 0 amide bonds. The molecule has 2 saturated carbocycles. The number of fused-ring (bicyclic) bond motifs is 1. The second kappa shape index (κ2) is 11.5. The summed E-state index contributed by atoms with van der Waals surface area (Å²) in [5.41, 5.74) is 9.40. The van der Waals surface area contributed by atoms with Gasteiger partial charge in [-0.1, -0.05) is 126 Å². The van der Waals surface area contributed by atoms with Crippen molar-refractivity contribution in [3.8, 4) is 0 Å². The van der Waals surface area contributed by atoms with E-state index in [4.69, 9.17) is 0 Å². The molecule has 36 heavy (non-hydrogen) atoms. The van der Waals surface area contributed by atoms with E-state index in [0.717, 1.165) is 23.6 Å². The summed E-state index contributed by atoms with van der Waals surface area (Å²) in [5, 5.41) is 0. The summed E-state index contributed by atoms with van der Waals surface area (Å²) in [6.07, 6.45) is 17.6. The molecule has 190 valence electrons. The number of nitrogens with zero attached hydrogens (tertiary/aromatic N) is 1. The van der Waals surface area contributed by atoms with Crippen molar-refractivity contribution < 1.29 is 0 Å². The van der Waals surface area contributed by atoms with Crippen LogP contribution in [0.2, 0.25) is 0 Å². The molecule has 0 N–H and O–H groups in total. The van der Waals surface area contributed by atoms with Crippen molar-refractivity contribution in [3.05, 3.63) is 120 Å². The van der Waals surface area contributed by atoms with Crippen LogP contribution >= 0.6 is 0 Å². The maximum Gasteiger partial charge on any atom is 0.0804 e. The molecule has 2 aromatic carbocycles. The van der Waals surface area contributed by atoms with Crippen molar-refractivity contribution in [3.63, 3.8) is 0 Å². The fourth-order valence-corrected chi connectivity index (χ4v) is 6.42. The monoisotopic (exact) mass is 479 g/mol. The minimum Gasteiger partial charge on any atom is -0.354 e. The van der Waals surface area contributed by atoms with Gasteiger partial charge in [0.05, 0.1) is 6.04 Å². The van der Waals surface area contributed by atoms with Gasteiger partial charge in [0, 0.05) is 11.2 Å². The van der Waals surface area contributed by atoms with Crippen LogP contribution in [0.3, 0.4) is 0 Å². The molecular weight excluding hydrogens is 434 g/mol. The molecule has 2 aromatic rings. The molecular formula is C35H45N. The van der Waals surface area contributed by atoms with E-state index in [0.29, 0.717) is 0 Å². The van der Waals surface area contributed by atoms with E-state index in [-0.39, 0.29) is 11.6 Å². The van der Waals surface area contributed by atoms with Crippen molar-refractivity contribution in [1.29, 1.82) is 0 Å². The fourth-order valence-electron chi connectivity index (χ4n) is 6.42. The largest absolute Gasteiger partial charge is 0.354 e. The number of aryl methyl sites for hydroxylation is 2. The van der Waals surface area contributed by atoms with Crippen molar-refractivity contribution in [2.75, 3.05) is 0 Å². The second-order valence-electron chi connectivity index (χ2n) is 10.8. The molecule has 2 fully saturated rings. The predicted octanol–water partition coefficient (Wildman–Crippen LogP) is 9.44. The molecule has 0 saturated heterocycles. The standard InChI is InChI=1S/C33H39N.C2H6/c1-5-9-28(6-2)25(4)34-32(31-19-12-24(3)22-30(31)23-33(34)20-21-33)29-17-15-27(16-18-29)14-13-26-10-7-8-11-26;1-2/h5-6,9,12,15-19,22,26,32H,1-2,4,7-8,10-11,13-14,20-21,23H2,3H3;1-2H3/b28-9+;. The fraction of sp³-hybridized carbons (Fsp3) is 0.429. The molecule has 1 unspecified atom stereocenters. The summed E-state index contributed by atoms with van der Waals surface area (Å²) in [6, 6.07) is 16.7. The summed E-state index contributed by atoms with van der Waals surface area (Å²) < 4.78 is 0. The average molecular weight is 480 g/mol. The Balaban J connectivity index is 0.00000148. The first-order valence-corrected chi connectivity index (χ1v) is 14.2. The number of hydrogen-bond donors (Lipinski definition) is 0. The van der Waals surface area contributed by atoms with Crippen LogP contribution < -0.4 is 0 Å². The van der Waals surface area contributed by atoms with Crippen LogP contribution in [0, 0.1) is 12.8 Å². The van der Waals surface area contributed by atoms with Crippen molar-refractivity contribution in [2.45, 2.75) is 90.1 Å². The van der Waals surface area contributed by atoms with Gasteiger partial charge in [-0.3, -0.25) is 0 Å². The number of hydrogen-bond acceptors (Lipinski definition) is 1. The van der Waals surface area contributed by atoms with Gasteiger partial charge in [-0.25, -0.2) is 0 Å². The third kappa shape index (κ3) is 5.31. The molecule has 0 aromatic heterocycles. The molecule has 1 atom stereocenters. The molecule has 1 heteroatoms. The van der Waals surface area contributed by atoms with Crippen molar-refractivity contribution >= 4 is 0 Å². The molecule has 0 bridgehead atoms. The highest BCUT2D eigenvalue weighted by Gasteiger charge is 2.54. The van der Waals surface area contributed by atoms with E-state index in [1.165, 1.54) is 79.2 Å². The summed E-state index contributed by atoms with van der Waals surface area (Å²) in [5.74, 6) is 0.940. The summed E-state index contributed by atoms with van der Waals surface area (Å²) in [6.45, 7) is 18.8. The number of allylic oxidation sites excluding steroid dienone is 3. The van der Waals surface area contributed by atoms with Gasteiger partial charge in [0.2, 0.25) is 0 Å². The van der Waals surface area contributed by atoms with Crippen LogP contribution in [0.1, 0.15) is 92.7 Å². The Bertz CT molecular complexity index is 1110. The zero-order valence-corrected chi connectivity index (χ0v) is 22.9. The minimum atomic E-state index is 0.160. The zero-order valence-electron chi connectivity index (χ0n) is 22.9.